The number of ether oxygens (including phenoxy) is 1. The number of aromatic nitrogens is 3. The molecule has 1 saturated heterocycles. The van der Waals surface area contributed by atoms with Crippen LogP contribution in [0.5, 0.6) is 0 Å². The predicted molar refractivity (Wildman–Crippen MR) is 107 cm³/mol. The molecule has 0 spiro atoms. The third-order valence-electron chi connectivity index (χ3n) is 5.42. The summed E-state index contributed by atoms with van der Waals surface area (Å²) >= 11 is 0. The van der Waals surface area contributed by atoms with Crippen LogP contribution in [-0.2, 0) is 24.2 Å². The normalized spacial score (nSPS) is 19.6. The van der Waals surface area contributed by atoms with Gasteiger partial charge in [0.25, 0.3) is 0 Å². The molecule has 0 radical (unpaired) electrons. The first-order valence-electron chi connectivity index (χ1n) is 10.0. The largest absolute Gasteiger partial charge is 0.370 e. The highest BCUT2D eigenvalue weighted by atomic mass is 16.5. The molecule has 2 aromatic heterocycles. The molecule has 0 amide bonds. The van der Waals surface area contributed by atoms with Gasteiger partial charge in [0.2, 0.25) is 5.95 Å². The van der Waals surface area contributed by atoms with E-state index in [1.54, 1.807) is 0 Å². The Morgan fingerprint density at radius 1 is 1.15 bits per heavy atom. The van der Waals surface area contributed by atoms with E-state index in [2.05, 4.69) is 9.88 Å². The number of aryl methyl sites for hydroxylation is 1. The molecule has 0 N–H and O–H groups in total. The molecule has 0 bridgehead atoms. The van der Waals surface area contributed by atoms with Crippen LogP contribution in [0.3, 0.4) is 0 Å². The SMILES string of the molecule is CN(C)c1nc2c(c(N3CCCC(OCc4ccccn4)C3)n1)CCCC2. The monoisotopic (exact) mass is 367 g/mol. The van der Waals surface area contributed by atoms with E-state index in [9.17, 15) is 0 Å². The molecule has 1 aliphatic heterocycles. The molecule has 2 aromatic rings. The summed E-state index contributed by atoms with van der Waals surface area (Å²) in [7, 11) is 4.03. The van der Waals surface area contributed by atoms with Crippen LogP contribution in [-0.4, -0.2) is 48.2 Å². The summed E-state index contributed by atoms with van der Waals surface area (Å²) in [5.74, 6) is 1.96. The summed E-state index contributed by atoms with van der Waals surface area (Å²) in [6.45, 7) is 2.51. The fraction of sp³-hybridized carbons (Fsp3) is 0.571. The first-order chi connectivity index (χ1) is 13.2. The summed E-state index contributed by atoms with van der Waals surface area (Å²) in [4.78, 5) is 18.5. The lowest BCUT2D eigenvalue weighted by Crippen LogP contribution is -2.41. The molecule has 1 fully saturated rings. The Labute approximate surface area is 161 Å². The van der Waals surface area contributed by atoms with Crippen molar-refractivity contribution in [1.82, 2.24) is 15.0 Å². The van der Waals surface area contributed by atoms with Crippen LogP contribution in [0.25, 0.3) is 0 Å². The first-order valence-corrected chi connectivity index (χ1v) is 10.0. The van der Waals surface area contributed by atoms with Crippen LogP contribution in [0.1, 0.15) is 42.6 Å². The van der Waals surface area contributed by atoms with E-state index in [0.29, 0.717) is 6.61 Å². The number of anilines is 2. The molecule has 27 heavy (non-hydrogen) atoms. The van der Waals surface area contributed by atoms with Crippen molar-refractivity contribution >= 4 is 11.8 Å². The van der Waals surface area contributed by atoms with Gasteiger partial charge in [-0.15, -0.1) is 0 Å². The minimum Gasteiger partial charge on any atom is -0.370 e. The van der Waals surface area contributed by atoms with Gasteiger partial charge in [-0.05, 0) is 50.7 Å². The van der Waals surface area contributed by atoms with E-state index in [1.165, 1.54) is 24.1 Å². The lowest BCUT2D eigenvalue weighted by Gasteiger charge is -2.36. The standard InChI is InChI=1S/C21H29N5O/c1-25(2)21-23-19-11-4-3-10-18(19)20(24-21)26-13-7-9-17(14-26)27-15-16-8-5-6-12-22-16/h5-6,8,12,17H,3-4,7,9-11,13-15H2,1-2H3. The van der Waals surface area contributed by atoms with Crippen molar-refractivity contribution in [2.45, 2.75) is 51.2 Å². The van der Waals surface area contributed by atoms with Gasteiger partial charge in [-0.25, -0.2) is 4.98 Å². The highest BCUT2D eigenvalue weighted by Gasteiger charge is 2.27. The molecular weight excluding hydrogens is 338 g/mol. The lowest BCUT2D eigenvalue weighted by molar-refractivity contribution is 0.0296. The third-order valence-corrected chi connectivity index (χ3v) is 5.42. The van der Waals surface area contributed by atoms with Gasteiger partial charge in [-0.1, -0.05) is 6.07 Å². The third kappa shape index (κ3) is 4.21. The van der Waals surface area contributed by atoms with Gasteiger partial charge in [0.1, 0.15) is 5.82 Å². The van der Waals surface area contributed by atoms with Gasteiger partial charge in [0, 0.05) is 38.9 Å². The lowest BCUT2D eigenvalue weighted by atomic mass is 9.95. The van der Waals surface area contributed by atoms with Gasteiger partial charge < -0.3 is 14.5 Å². The maximum absolute atomic E-state index is 6.18. The van der Waals surface area contributed by atoms with Crippen LogP contribution in [0.15, 0.2) is 24.4 Å². The molecule has 0 saturated carbocycles. The molecule has 1 unspecified atom stereocenters. The average molecular weight is 367 g/mol. The molecule has 144 valence electrons. The van der Waals surface area contributed by atoms with Gasteiger partial charge in [-0.3, -0.25) is 4.98 Å². The smallest absolute Gasteiger partial charge is 0.227 e. The second-order valence-corrected chi connectivity index (χ2v) is 7.72. The number of piperidine rings is 1. The summed E-state index contributed by atoms with van der Waals surface area (Å²) in [6, 6.07) is 5.96. The van der Waals surface area contributed by atoms with Crippen molar-refractivity contribution in [2.24, 2.45) is 0 Å². The Kier molecular flexibility index (Phi) is 5.53. The molecule has 1 aliphatic carbocycles. The summed E-state index contributed by atoms with van der Waals surface area (Å²) in [5, 5.41) is 0. The zero-order valence-corrected chi connectivity index (χ0v) is 16.4. The minimum atomic E-state index is 0.220. The van der Waals surface area contributed by atoms with E-state index in [-0.39, 0.29) is 6.10 Å². The van der Waals surface area contributed by atoms with Gasteiger partial charge >= 0.3 is 0 Å². The highest BCUT2D eigenvalue weighted by molar-refractivity contribution is 5.54. The summed E-state index contributed by atoms with van der Waals surface area (Å²) in [6.07, 6.45) is 8.89. The van der Waals surface area contributed by atoms with Crippen molar-refractivity contribution in [3.63, 3.8) is 0 Å². The molecule has 6 nitrogen and oxygen atoms in total. The van der Waals surface area contributed by atoms with Gasteiger partial charge in [0.05, 0.1) is 24.1 Å². The minimum absolute atomic E-state index is 0.220. The number of hydrogen-bond donors (Lipinski definition) is 0. The molecule has 0 aromatic carbocycles. The van der Waals surface area contributed by atoms with Crippen molar-refractivity contribution < 1.29 is 4.74 Å². The van der Waals surface area contributed by atoms with Crippen molar-refractivity contribution in [3.8, 4) is 0 Å². The van der Waals surface area contributed by atoms with Gasteiger partial charge in [0.15, 0.2) is 0 Å². The molecule has 4 rings (SSSR count). The maximum atomic E-state index is 6.18. The van der Waals surface area contributed by atoms with Gasteiger partial charge in [-0.2, -0.15) is 4.98 Å². The topological polar surface area (TPSA) is 54.4 Å². The zero-order valence-electron chi connectivity index (χ0n) is 16.4. The Bertz CT molecular complexity index is 765. The average Bonchev–Trinajstić information content (AvgIpc) is 2.72. The molecule has 6 heteroatoms. The number of fused-ring (bicyclic) bond motifs is 1. The molecule has 2 aliphatic rings. The molecular formula is C21H29N5O. The Morgan fingerprint density at radius 3 is 2.85 bits per heavy atom. The van der Waals surface area contributed by atoms with Crippen LogP contribution in [0.4, 0.5) is 11.8 Å². The quantitative estimate of drug-likeness (QED) is 0.810. The second-order valence-electron chi connectivity index (χ2n) is 7.72. The number of rotatable bonds is 5. The van der Waals surface area contributed by atoms with E-state index in [1.807, 2.05) is 43.4 Å². The van der Waals surface area contributed by atoms with Crippen LogP contribution in [0.2, 0.25) is 0 Å². The van der Waals surface area contributed by atoms with Crippen LogP contribution in [0, 0.1) is 0 Å². The number of nitrogens with zero attached hydrogens (tertiary/aromatic N) is 5. The van der Waals surface area contributed by atoms with Crippen molar-refractivity contribution in [1.29, 1.82) is 0 Å². The Balaban J connectivity index is 1.51. The first kappa shape index (κ1) is 18.2. The zero-order chi connectivity index (χ0) is 18.6. The number of pyridine rings is 1. The van der Waals surface area contributed by atoms with E-state index < -0.39 is 0 Å². The van der Waals surface area contributed by atoms with Crippen LogP contribution < -0.4 is 9.80 Å². The summed E-state index contributed by atoms with van der Waals surface area (Å²) in [5.41, 5.74) is 3.59. The number of hydrogen-bond acceptors (Lipinski definition) is 6. The van der Waals surface area contributed by atoms with E-state index >= 15 is 0 Å². The fourth-order valence-corrected chi connectivity index (χ4v) is 3.98. The Morgan fingerprint density at radius 2 is 2.04 bits per heavy atom. The van der Waals surface area contributed by atoms with Crippen molar-refractivity contribution in [2.75, 3.05) is 37.0 Å². The maximum Gasteiger partial charge on any atom is 0.227 e. The highest BCUT2D eigenvalue weighted by Crippen LogP contribution is 2.31. The molecule has 3 heterocycles. The van der Waals surface area contributed by atoms with E-state index in [0.717, 1.165) is 56.2 Å². The predicted octanol–water partition coefficient (Wildman–Crippen LogP) is 3.00. The van der Waals surface area contributed by atoms with E-state index in [4.69, 9.17) is 14.7 Å². The second kappa shape index (κ2) is 8.21. The summed E-state index contributed by atoms with van der Waals surface area (Å²) < 4.78 is 6.18. The fourth-order valence-electron chi connectivity index (χ4n) is 3.98. The molecule has 1 atom stereocenters. The Hall–Kier alpha value is -2.21. The van der Waals surface area contributed by atoms with Crippen LogP contribution >= 0.6 is 0 Å². The van der Waals surface area contributed by atoms with Crippen molar-refractivity contribution in [3.05, 3.63) is 41.3 Å².